The predicted molar refractivity (Wildman–Crippen MR) is 91.3 cm³/mol. The summed E-state index contributed by atoms with van der Waals surface area (Å²) < 4.78 is 26.7. The number of benzene rings is 1. The first kappa shape index (κ1) is 19.7. The quantitative estimate of drug-likeness (QED) is 0.610. The molecule has 0 bridgehead atoms. The fraction of sp³-hybridized carbons (Fsp3) is 0.312. The summed E-state index contributed by atoms with van der Waals surface area (Å²) >= 11 is 1.11. The maximum absolute atomic E-state index is 13.8. The zero-order valence-corrected chi connectivity index (χ0v) is 14.8. The summed E-state index contributed by atoms with van der Waals surface area (Å²) in [6, 6.07) is 2.57. The van der Waals surface area contributed by atoms with Crippen molar-refractivity contribution in [2.24, 2.45) is 0 Å². The molecule has 1 unspecified atom stereocenters. The predicted octanol–water partition coefficient (Wildman–Crippen LogP) is 2.28. The number of aliphatic hydroxyl groups is 1. The van der Waals surface area contributed by atoms with Crippen molar-refractivity contribution in [2.75, 3.05) is 11.9 Å². The zero-order valence-electron chi connectivity index (χ0n) is 14.0. The fourth-order valence-electron chi connectivity index (χ4n) is 1.95. The number of nitrogens with zero attached hydrogens (tertiary/aromatic N) is 1. The smallest absolute Gasteiger partial charge is 0.337 e. The number of hydrogen-bond acceptors (Lipinski definition) is 5. The van der Waals surface area contributed by atoms with Crippen LogP contribution >= 0.6 is 11.3 Å². The van der Waals surface area contributed by atoms with Gasteiger partial charge in [-0.15, -0.1) is 11.3 Å². The highest BCUT2D eigenvalue weighted by Gasteiger charge is 2.30. The molecular formula is C16H17F2N3O4S. The summed E-state index contributed by atoms with van der Waals surface area (Å²) in [7, 11) is 0. The van der Waals surface area contributed by atoms with Gasteiger partial charge in [0.15, 0.2) is 10.7 Å². The van der Waals surface area contributed by atoms with Crippen LogP contribution in [0.5, 0.6) is 0 Å². The Kier molecular flexibility index (Phi) is 5.88. The van der Waals surface area contributed by atoms with Crippen molar-refractivity contribution in [1.29, 1.82) is 0 Å². The molecule has 26 heavy (non-hydrogen) atoms. The number of nitrogens with one attached hydrogen (secondary N) is 2. The van der Waals surface area contributed by atoms with Crippen LogP contribution in [0.25, 0.3) is 0 Å². The number of aromatic nitrogens is 1. The van der Waals surface area contributed by atoms with E-state index in [-0.39, 0.29) is 11.6 Å². The zero-order chi connectivity index (χ0) is 19.5. The molecule has 0 saturated carbocycles. The Morgan fingerprint density at radius 3 is 2.65 bits per heavy atom. The minimum Gasteiger partial charge on any atom is -0.479 e. The van der Waals surface area contributed by atoms with Gasteiger partial charge in [-0.2, -0.15) is 0 Å². The van der Waals surface area contributed by atoms with Crippen LogP contribution < -0.4 is 10.6 Å². The Hall–Kier alpha value is -2.59. The third kappa shape index (κ3) is 4.96. The van der Waals surface area contributed by atoms with Crippen LogP contribution in [0.4, 0.5) is 18.7 Å². The SMILES string of the molecule is Cc1nc(NC(=O)NCC(C)(O)C(=O)O)sc1Cc1ccc(F)cc1F. The summed E-state index contributed by atoms with van der Waals surface area (Å²) in [5, 5.41) is 23.2. The number of carbonyl (C=O) groups is 2. The van der Waals surface area contributed by atoms with Crippen molar-refractivity contribution in [3.63, 3.8) is 0 Å². The molecule has 4 N–H and O–H groups in total. The molecule has 2 rings (SSSR count). The summed E-state index contributed by atoms with van der Waals surface area (Å²) in [6.45, 7) is 2.25. The van der Waals surface area contributed by atoms with Gasteiger partial charge >= 0.3 is 12.0 Å². The highest BCUT2D eigenvalue weighted by molar-refractivity contribution is 7.15. The van der Waals surface area contributed by atoms with E-state index in [4.69, 9.17) is 5.11 Å². The number of carboxylic acids is 1. The summed E-state index contributed by atoms with van der Waals surface area (Å²) in [6.07, 6.45) is 0.187. The molecule has 0 spiro atoms. The number of aryl methyl sites for hydroxylation is 1. The number of carbonyl (C=O) groups excluding carboxylic acids is 1. The van der Waals surface area contributed by atoms with Crippen LogP contribution in [0.1, 0.15) is 23.1 Å². The van der Waals surface area contributed by atoms with E-state index in [0.717, 1.165) is 30.4 Å². The van der Waals surface area contributed by atoms with E-state index in [1.165, 1.54) is 6.07 Å². The lowest BCUT2D eigenvalue weighted by atomic mass is 10.1. The molecule has 1 atom stereocenters. The van der Waals surface area contributed by atoms with Crippen molar-refractivity contribution in [3.8, 4) is 0 Å². The molecule has 140 valence electrons. The number of thiazole rings is 1. The molecule has 10 heteroatoms. The van der Waals surface area contributed by atoms with E-state index in [1.54, 1.807) is 6.92 Å². The first-order valence-electron chi connectivity index (χ1n) is 7.49. The van der Waals surface area contributed by atoms with Crippen molar-refractivity contribution >= 4 is 28.5 Å². The van der Waals surface area contributed by atoms with E-state index >= 15 is 0 Å². The minimum absolute atomic E-state index is 0.187. The average molecular weight is 385 g/mol. The molecule has 1 aromatic carbocycles. The number of halogens is 2. The molecule has 0 aliphatic heterocycles. The van der Waals surface area contributed by atoms with Gasteiger partial charge in [0.1, 0.15) is 11.6 Å². The Labute approximate surface area is 151 Å². The lowest BCUT2D eigenvalue weighted by Crippen LogP contribution is -2.47. The van der Waals surface area contributed by atoms with Gasteiger partial charge in [-0.05, 0) is 25.5 Å². The lowest BCUT2D eigenvalue weighted by Gasteiger charge is -2.18. The van der Waals surface area contributed by atoms with Crippen LogP contribution in [0.2, 0.25) is 0 Å². The van der Waals surface area contributed by atoms with Crippen molar-refractivity contribution in [3.05, 3.63) is 46.0 Å². The van der Waals surface area contributed by atoms with E-state index in [0.29, 0.717) is 16.1 Å². The van der Waals surface area contributed by atoms with E-state index in [9.17, 15) is 23.5 Å². The Bertz CT molecular complexity index is 839. The maximum Gasteiger partial charge on any atom is 0.337 e. The number of aliphatic carboxylic acids is 1. The summed E-state index contributed by atoms with van der Waals surface area (Å²) in [5.74, 6) is -2.80. The molecule has 0 aliphatic rings. The first-order valence-corrected chi connectivity index (χ1v) is 8.31. The average Bonchev–Trinajstić information content (AvgIpc) is 2.87. The second kappa shape index (κ2) is 7.75. The monoisotopic (exact) mass is 385 g/mol. The second-order valence-corrected chi connectivity index (χ2v) is 6.91. The van der Waals surface area contributed by atoms with Gasteiger partial charge in [-0.1, -0.05) is 6.07 Å². The number of carboxylic acid groups (broad SMARTS) is 1. The number of amides is 2. The van der Waals surface area contributed by atoms with Gasteiger partial charge in [-0.25, -0.2) is 23.4 Å². The van der Waals surface area contributed by atoms with E-state index in [2.05, 4.69) is 15.6 Å². The molecule has 0 aliphatic carbocycles. The number of hydrogen-bond donors (Lipinski definition) is 4. The normalized spacial score (nSPS) is 13.1. The van der Waals surface area contributed by atoms with Gasteiger partial charge in [-0.3, -0.25) is 5.32 Å². The van der Waals surface area contributed by atoms with Gasteiger partial charge < -0.3 is 15.5 Å². The minimum atomic E-state index is -2.10. The van der Waals surface area contributed by atoms with E-state index < -0.39 is 35.8 Å². The van der Waals surface area contributed by atoms with Gasteiger partial charge in [0.2, 0.25) is 0 Å². The third-order valence-electron chi connectivity index (χ3n) is 3.53. The molecule has 1 heterocycles. The topological polar surface area (TPSA) is 112 Å². The van der Waals surface area contributed by atoms with Crippen LogP contribution in [-0.2, 0) is 11.2 Å². The molecular weight excluding hydrogens is 368 g/mol. The Morgan fingerprint density at radius 2 is 2.04 bits per heavy atom. The van der Waals surface area contributed by atoms with Crippen LogP contribution in [0, 0.1) is 18.6 Å². The van der Waals surface area contributed by atoms with Crippen molar-refractivity contribution in [1.82, 2.24) is 10.3 Å². The molecule has 7 nitrogen and oxygen atoms in total. The first-order chi connectivity index (χ1) is 12.1. The number of anilines is 1. The molecule has 1 aromatic heterocycles. The van der Waals surface area contributed by atoms with Gasteiger partial charge in [0, 0.05) is 17.4 Å². The molecule has 0 saturated heterocycles. The largest absolute Gasteiger partial charge is 0.479 e. The number of rotatable bonds is 6. The fourth-order valence-corrected chi connectivity index (χ4v) is 2.93. The highest BCUT2D eigenvalue weighted by Crippen LogP contribution is 2.26. The highest BCUT2D eigenvalue weighted by atomic mass is 32.1. The molecule has 0 radical (unpaired) electrons. The van der Waals surface area contributed by atoms with Crippen molar-refractivity contribution < 1.29 is 28.6 Å². The Morgan fingerprint density at radius 1 is 1.35 bits per heavy atom. The molecule has 0 fully saturated rings. The second-order valence-electron chi connectivity index (χ2n) is 5.83. The van der Waals surface area contributed by atoms with Gasteiger partial charge in [0.25, 0.3) is 0 Å². The third-order valence-corrected chi connectivity index (χ3v) is 4.61. The lowest BCUT2D eigenvalue weighted by molar-refractivity contribution is -0.155. The molecule has 2 aromatic rings. The van der Waals surface area contributed by atoms with Crippen LogP contribution in [0.15, 0.2) is 18.2 Å². The van der Waals surface area contributed by atoms with Crippen LogP contribution in [0.3, 0.4) is 0 Å². The molecule has 2 amide bonds. The summed E-state index contributed by atoms with van der Waals surface area (Å²) in [4.78, 5) is 27.4. The van der Waals surface area contributed by atoms with Crippen LogP contribution in [-0.4, -0.2) is 39.3 Å². The van der Waals surface area contributed by atoms with E-state index in [1.807, 2.05) is 0 Å². The number of urea groups is 1. The van der Waals surface area contributed by atoms with Gasteiger partial charge in [0.05, 0.1) is 12.2 Å². The maximum atomic E-state index is 13.8. The van der Waals surface area contributed by atoms with Crippen molar-refractivity contribution in [2.45, 2.75) is 25.9 Å². The summed E-state index contributed by atoms with van der Waals surface area (Å²) in [5.41, 5.74) is -1.22. The Balaban J connectivity index is 2.01. The standard InChI is InChI=1S/C16H17F2N3O4S/c1-8-12(5-9-3-4-10(17)6-11(9)18)26-15(20-8)21-14(24)19-7-16(2,25)13(22)23/h3-4,6,25H,5,7H2,1-2H3,(H,22,23)(H2,19,20,21,24).